The van der Waals surface area contributed by atoms with E-state index in [0.29, 0.717) is 0 Å². The number of unbranched alkanes of at least 4 members (excludes halogenated alkanes) is 3. The van der Waals surface area contributed by atoms with E-state index < -0.39 is 18.4 Å². The van der Waals surface area contributed by atoms with Crippen molar-refractivity contribution in [2.24, 2.45) is 0 Å². The second kappa shape index (κ2) is 10.3. The first-order valence-electron chi connectivity index (χ1n) is 8.28. The molecule has 0 bridgehead atoms. The number of hydrogen-bond acceptors (Lipinski definition) is 1. The van der Waals surface area contributed by atoms with Crippen molar-refractivity contribution in [1.82, 2.24) is 0 Å². The van der Waals surface area contributed by atoms with Gasteiger partial charge in [0.1, 0.15) is 0 Å². The van der Waals surface area contributed by atoms with Crippen molar-refractivity contribution in [3.63, 3.8) is 0 Å². The Morgan fingerprint density at radius 2 is 1.42 bits per heavy atom. The molecular weight excluding hydrogens is 355 g/mol. The second-order valence-electron chi connectivity index (χ2n) is 6.07. The molecule has 0 nitrogen and oxygen atoms in total. The Morgan fingerprint density at radius 1 is 0.895 bits per heavy atom. The summed E-state index contributed by atoms with van der Waals surface area (Å²) in [6.07, 6.45) is 8.66. The predicted octanol–water partition coefficient (Wildman–Crippen LogP) is 6.68. The Kier molecular flexibility index (Phi) is 9.48. The van der Waals surface area contributed by atoms with E-state index in [1.165, 1.54) is 43.0 Å². The van der Waals surface area contributed by atoms with Gasteiger partial charge < -0.3 is 0 Å². The number of thiophene rings is 1. The van der Waals surface area contributed by atoms with Crippen LogP contribution in [0.5, 0.6) is 0 Å². The Balaban J connectivity index is 2.74. The van der Waals surface area contributed by atoms with Crippen LogP contribution in [0.1, 0.15) is 64.2 Å². The monoisotopic (exact) mass is 388 g/mol. The molecule has 0 aliphatic heterocycles. The van der Waals surface area contributed by atoms with E-state index in [4.69, 9.17) is 0 Å². The molecule has 1 aromatic heterocycles. The van der Waals surface area contributed by atoms with Gasteiger partial charge in [-0.3, -0.25) is 0 Å². The van der Waals surface area contributed by atoms with Crippen LogP contribution in [0.25, 0.3) is 0 Å². The zero-order valence-corrected chi connectivity index (χ0v) is 16.9. The standard InChI is InChI=1S/C5H5S.3C4H9.Sn/c1-5-3-2-4-6-5;3*1-3-4-2;/h2-4H,1H2;3*1,3-4H2,2H3;. The van der Waals surface area contributed by atoms with Gasteiger partial charge >= 0.3 is 129 Å². The van der Waals surface area contributed by atoms with Crippen LogP contribution in [-0.2, 0) is 4.44 Å². The van der Waals surface area contributed by atoms with Crippen LogP contribution in [0, 0.1) is 0 Å². The first-order chi connectivity index (χ1) is 9.26. The Morgan fingerprint density at radius 3 is 1.79 bits per heavy atom. The van der Waals surface area contributed by atoms with Crippen LogP contribution in [0.15, 0.2) is 17.5 Å². The summed E-state index contributed by atoms with van der Waals surface area (Å²) in [5.41, 5.74) is 0. The molecule has 0 aromatic carbocycles. The molecule has 0 unspecified atom stereocenters. The van der Waals surface area contributed by atoms with E-state index in [0.717, 1.165) is 0 Å². The van der Waals surface area contributed by atoms with Crippen molar-refractivity contribution in [3.05, 3.63) is 22.4 Å². The molecular formula is C17H32SSn. The van der Waals surface area contributed by atoms with E-state index in [1.807, 2.05) is 11.3 Å². The molecule has 1 heterocycles. The molecule has 0 spiro atoms. The van der Waals surface area contributed by atoms with E-state index in [9.17, 15) is 0 Å². The van der Waals surface area contributed by atoms with Crippen molar-refractivity contribution in [2.45, 2.75) is 77.0 Å². The van der Waals surface area contributed by atoms with Crippen molar-refractivity contribution in [1.29, 1.82) is 0 Å². The van der Waals surface area contributed by atoms with E-state index in [1.54, 1.807) is 18.2 Å². The molecule has 0 saturated carbocycles. The molecule has 0 amide bonds. The number of hydrogen-bond donors (Lipinski definition) is 0. The van der Waals surface area contributed by atoms with Gasteiger partial charge in [-0.25, -0.2) is 0 Å². The summed E-state index contributed by atoms with van der Waals surface area (Å²) in [7, 11) is 0. The van der Waals surface area contributed by atoms with Gasteiger partial charge in [-0.1, -0.05) is 0 Å². The fraction of sp³-hybridized carbons (Fsp3) is 0.765. The predicted molar refractivity (Wildman–Crippen MR) is 92.9 cm³/mol. The summed E-state index contributed by atoms with van der Waals surface area (Å²) in [5.74, 6) is 0. The third-order valence-corrected chi connectivity index (χ3v) is 21.3. The third-order valence-electron chi connectivity index (χ3n) is 4.31. The average Bonchev–Trinajstić information content (AvgIpc) is 2.93. The quantitative estimate of drug-likeness (QED) is 0.372. The molecule has 1 aromatic rings. The van der Waals surface area contributed by atoms with Crippen LogP contribution in [-0.4, -0.2) is 18.4 Å². The summed E-state index contributed by atoms with van der Waals surface area (Å²) in [6.45, 7) is 7.09. The fourth-order valence-electron chi connectivity index (χ4n) is 3.08. The summed E-state index contributed by atoms with van der Waals surface area (Å²) in [4.78, 5) is 1.69. The van der Waals surface area contributed by atoms with E-state index >= 15 is 0 Å². The topological polar surface area (TPSA) is 0 Å². The normalized spacial score (nSPS) is 11.9. The molecule has 19 heavy (non-hydrogen) atoms. The van der Waals surface area contributed by atoms with E-state index in [2.05, 4.69) is 38.3 Å². The zero-order valence-electron chi connectivity index (χ0n) is 13.2. The Labute approximate surface area is 128 Å². The van der Waals surface area contributed by atoms with Gasteiger partial charge in [0.25, 0.3) is 0 Å². The summed E-state index contributed by atoms with van der Waals surface area (Å²) in [6, 6.07) is 4.64. The van der Waals surface area contributed by atoms with Crippen LogP contribution < -0.4 is 0 Å². The molecule has 0 N–H and O–H groups in total. The van der Waals surface area contributed by atoms with Gasteiger partial charge in [-0.2, -0.15) is 0 Å². The van der Waals surface area contributed by atoms with Gasteiger partial charge in [-0.05, 0) is 0 Å². The maximum atomic E-state index is 2.39. The summed E-state index contributed by atoms with van der Waals surface area (Å²) in [5, 5.41) is 2.27. The molecule has 110 valence electrons. The van der Waals surface area contributed by atoms with Gasteiger partial charge in [-0.15, -0.1) is 0 Å². The molecule has 0 aliphatic carbocycles. The fourth-order valence-corrected chi connectivity index (χ4v) is 22.0. The van der Waals surface area contributed by atoms with Gasteiger partial charge in [0.15, 0.2) is 0 Å². The van der Waals surface area contributed by atoms with Gasteiger partial charge in [0, 0.05) is 0 Å². The molecule has 0 aliphatic rings. The zero-order chi connectivity index (χ0) is 14.0. The van der Waals surface area contributed by atoms with Crippen molar-refractivity contribution >= 4 is 29.7 Å². The minimum atomic E-state index is -1.89. The second-order valence-corrected chi connectivity index (χ2v) is 21.0. The SMILES string of the molecule is CCC[CH2][Sn]([CH2]CCC)([CH2]CCC)[CH2]c1cccs1. The van der Waals surface area contributed by atoms with Crippen LogP contribution in [0.3, 0.4) is 0 Å². The summed E-state index contributed by atoms with van der Waals surface area (Å²) < 4.78 is 6.46. The molecule has 0 radical (unpaired) electrons. The average molecular weight is 387 g/mol. The Hall–Kier alpha value is 0.499. The molecule has 0 atom stereocenters. The van der Waals surface area contributed by atoms with Crippen molar-refractivity contribution < 1.29 is 0 Å². The molecule has 0 saturated heterocycles. The van der Waals surface area contributed by atoms with Gasteiger partial charge in [0.05, 0.1) is 0 Å². The Bertz CT molecular complexity index is 283. The maximum absolute atomic E-state index is 2.39. The van der Waals surface area contributed by atoms with E-state index in [-0.39, 0.29) is 0 Å². The third kappa shape index (κ3) is 6.66. The van der Waals surface area contributed by atoms with Crippen LogP contribution in [0.4, 0.5) is 0 Å². The van der Waals surface area contributed by atoms with Crippen molar-refractivity contribution in [2.75, 3.05) is 0 Å². The van der Waals surface area contributed by atoms with Crippen LogP contribution in [0.2, 0.25) is 13.3 Å². The number of rotatable bonds is 11. The van der Waals surface area contributed by atoms with Crippen LogP contribution >= 0.6 is 11.3 Å². The minimum absolute atomic E-state index is 1.39. The first-order valence-corrected chi connectivity index (χ1v) is 17.2. The van der Waals surface area contributed by atoms with Gasteiger partial charge in [0.2, 0.25) is 0 Å². The first kappa shape index (κ1) is 17.5. The molecule has 0 fully saturated rings. The molecule has 1 rings (SSSR count). The molecule has 2 heteroatoms. The summed E-state index contributed by atoms with van der Waals surface area (Å²) >= 11 is 0.109. The van der Waals surface area contributed by atoms with Crippen molar-refractivity contribution in [3.8, 4) is 0 Å².